The average Bonchev–Trinajstić information content (AvgIpc) is 2.97. The van der Waals surface area contributed by atoms with Crippen LogP contribution in [-0.2, 0) is 9.84 Å². The summed E-state index contributed by atoms with van der Waals surface area (Å²) in [6.07, 6.45) is 2.23. The Balaban J connectivity index is 1.83. The molecule has 0 radical (unpaired) electrons. The Morgan fingerprint density at radius 2 is 2.00 bits per heavy atom. The summed E-state index contributed by atoms with van der Waals surface area (Å²) in [5.41, 5.74) is 1.68. The Kier molecular flexibility index (Phi) is 5.55. The molecule has 1 aliphatic heterocycles. The van der Waals surface area contributed by atoms with Crippen LogP contribution in [0.4, 0.5) is 5.69 Å². The molecule has 2 aromatic rings. The van der Waals surface area contributed by atoms with Gasteiger partial charge in [0.25, 0.3) is 0 Å². The molecule has 1 aromatic heterocycles. The largest absolute Gasteiger partial charge is 0.369 e. The number of likely N-dealkylation sites (N-methyl/N-ethyl adjacent to an activating group) is 1. The van der Waals surface area contributed by atoms with E-state index in [0.717, 1.165) is 44.5 Å². The van der Waals surface area contributed by atoms with Crippen molar-refractivity contribution in [2.24, 2.45) is 0 Å². The van der Waals surface area contributed by atoms with Gasteiger partial charge in [0.05, 0.1) is 10.7 Å². The summed E-state index contributed by atoms with van der Waals surface area (Å²) in [4.78, 5) is 8.81. The first kappa shape index (κ1) is 19.1. The number of anilines is 1. The summed E-state index contributed by atoms with van der Waals surface area (Å²) in [6.45, 7) is 5.49. The van der Waals surface area contributed by atoms with Gasteiger partial charge in [0.15, 0.2) is 9.84 Å². The van der Waals surface area contributed by atoms with E-state index in [1.807, 2.05) is 12.1 Å². The third kappa shape index (κ3) is 4.19. The van der Waals surface area contributed by atoms with Gasteiger partial charge in [0.2, 0.25) is 11.7 Å². The molecule has 7 nitrogen and oxygen atoms in total. The maximum atomic E-state index is 11.6. The molecule has 9 heteroatoms. The molecule has 1 fully saturated rings. The minimum absolute atomic E-state index is 0.0817. The predicted molar refractivity (Wildman–Crippen MR) is 102 cm³/mol. The van der Waals surface area contributed by atoms with Crippen LogP contribution in [0.25, 0.3) is 11.4 Å². The van der Waals surface area contributed by atoms with Crippen LogP contribution in [0.3, 0.4) is 0 Å². The molecular formula is C17H23ClN4O3S. The van der Waals surface area contributed by atoms with Gasteiger partial charge < -0.3 is 14.3 Å². The third-order valence-corrected chi connectivity index (χ3v) is 6.49. The van der Waals surface area contributed by atoms with Gasteiger partial charge in [-0.1, -0.05) is 16.8 Å². The van der Waals surface area contributed by atoms with Crippen LogP contribution < -0.4 is 4.90 Å². The number of benzene rings is 1. The summed E-state index contributed by atoms with van der Waals surface area (Å²) in [5, 5.41) is 3.68. The van der Waals surface area contributed by atoms with Crippen LogP contribution in [0.2, 0.25) is 5.02 Å². The van der Waals surface area contributed by atoms with Crippen molar-refractivity contribution in [2.45, 2.75) is 18.6 Å². The second-order valence-corrected chi connectivity index (χ2v) is 9.51. The molecule has 0 bridgehead atoms. The highest BCUT2D eigenvalue weighted by Crippen LogP contribution is 2.31. The van der Waals surface area contributed by atoms with Gasteiger partial charge in [-0.3, -0.25) is 0 Å². The summed E-state index contributed by atoms with van der Waals surface area (Å²) >= 11 is 6.51. The van der Waals surface area contributed by atoms with Crippen LogP contribution >= 0.6 is 11.6 Å². The first-order valence-electron chi connectivity index (χ1n) is 8.51. The standard InChI is InChI=1S/C17H23ClN4O3S/c1-12(26(3,23)24)17-19-16(20-25-17)13-5-6-15(14(18)11-13)22-8-4-7-21(2)9-10-22/h5-6,11-12H,4,7-10H2,1-3H3. The Morgan fingerprint density at radius 3 is 2.69 bits per heavy atom. The lowest BCUT2D eigenvalue weighted by molar-refractivity contribution is 0.360. The Morgan fingerprint density at radius 1 is 1.23 bits per heavy atom. The summed E-state index contributed by atoms with van der Waals surface area (Å²) in [5.74, 6) is 0.415. The van der Waals surface area contributed by atoms with Crippen LogP contribution in [0.1, 0.15) is 24.5 Å². The molecule has 3 rings (SSSR count). The highest BCUT2D eigenvalue weighted by Gasteiger charge is 2.24. The van der Waals surface area contributed by atoms with Crippen molar-refractivity contribution in [3.05, 3.63) is 29.1 Å². The van der Waals surface area contributed by atoms with Crippen LogP contribution in [0, 0.1) is 0 Å². The number of nitrogens with zero attached hydrogens (tertiary/aromatic N) is 4. The van der Waals surface area contributed by atoms with Crippen molar-refractivity contribution < 1.29 is 12.9 Å². The number of sulfone groups is 1. The third-order valence-electron chi connectivity index (χ3n) is 4.70. The predicted octanol–water partition coefficient (Wildman–Crippen LogP) is 2.64. The molecule has 0 N–H and O–H groups in total. The fraction of sp³-hybridized carbons (Fsp3) is 0.529. The molecule has 0 spiro atoms. The minimum atomic E-state index is -3.30. The van der Waals surface area contributed by atoms with Crippen molar-refractivity contribution >= 4 is 27.1 Å². The van der Waals surface area contributed by atoms with E-state index in [-0.39, 0.29) is 5.89 Å². The molecule has 26 heavy (non-hydrogen) atoms. The topological polar surface area (TPSA) is 79.5 Å². The van der Waals surface area contributed by atoms with Crippen molar-refractivity contribution in [2.75, 3.05) is 44.4 Å². The molecule has 1 atom stereocenters. The van der Waals surface area contributed by atoms with E-state index in [2.05, 4.69) is 27.0 Å². The Labute approximate surface area is 158 Å². The van der Waals surface area contributed by atoms with Gasteiger partial charge in [-0.25, -0.2) is 8.42 Å². The van der Waals surface area contributed by atoms with Crippen LogP contribution in [-0.4, -0.2) is 62.9 Å². The lowest BCUT2D eigenvalue weighted by atomic mass is 10.1. The maximum absolute atomic E-state index is 11.6. The van der Waals surface area contributed by atoms with Crippen molar-refractivity contribution in [3.63, 3.8) is 0 Å². The first-order chi connectivity index (χ1) is 12.3. The van der Waals surface area contributed by atoms with Gasteiger partial charge in [0.1, 0.15) is 5.25 Å². The SMILES string of the molecule is CC(c1nc(-c2ccc(N3CCCN(C)CC3)c(Cl)c2)no1)S(C)(=O)=O. The number of hydrogen-bond acceptors (Lipinski definition) is 7. The van der Waals surface area contributed by atoms with Crippen molar-refractivity contribution in [1.29, 1.82) is 0 Å². The van der Waals surface area contributed by atoms with E-state index in [9.17, 15) is 8.42 Å². The molecule has 0 aliphatic carbocycles. The Bertz CT molecular complexity index is 884. The Hall–Kier alpha value is -1.64. The second-order valence-electron chi connectivity index (χ2n) is 6.74. The average molecular weight is 399 g/mol. The van der Waals surface area contributed by atoms with E-state index in [0.29, 0.717) is 16.4 Å². The lowest BCUT2D eigenvalue weighted by Gasteiger charge is -2.24. The van der Waals surface area contributed by atoms with Crippen LogP contribution in [0.15, 0.2) is 22.7 Å². The number of rotatable bonds is 4. The molecular weight excluding hydrogens is 376 g/mol. The number of halogens is 1. The fourth-order valence-corrected chi connectivity index (χ4v) is 3.65. The fourth-order valence-electron chi connectivity index (χ4n) is 2.89. The van der Waals surface area contributed by atoms with Gasteiger partial charge in [-0.2, -0.15) is 4.98 Å². The summed E-state index contributed by atoms with van der Waals surface area (Å²) < 4.78 is 28.4. The zero-order chi connectivity index (χ0) is 18.9. The number of hydrogen-bond donors (Lipinski definition) is 0. The second kappa shape index (κ2) is 7.54. The molecule has 142 valence electrons. The van der Waals surface area contributed by atoms with Crippen LogP contribution in [0.5, 0.6) is 0 Å². The molecule has 2 heterocycles. The van der Waals surface area contributed by atoms with Crippen molar-refractivity contribution in [1.82, 2.24) is 15.0 Å². The zero-order valence-corrected chi connectivity index (χ0v) is 16.7. The van der Waals surface area contributed by atoms with Gasteiger partial charge in [-0.05, 0) is 45.1 Å². The monoisotopic (exact) mass is 398 g/mol. The van der Waals surface area contributed by atoms with E-state index >= 15 is 0 Å². The summed E-state index contributed by atoms with van der Waals surface area (Å²) in [7, 11) is -1.17. The number of aromatic nitrogens is 2. The minimum Gasteiger partial charge on any atom is -0.369 e. The molecule has 0 amide bonds. The zero-order valence-electron chi connectivity index (χ0n) is 15.1. The normalized spacial score (nSPS) is 17.9. The van der Waals surface area contributed by atoms with Gasteiger partial charge in [0, 0.05) is 31.5 Å². The molecule has 1 saturated heterocycles. The molecule has 1 aliphatic rings. The van der Waals surface area contributed by atoms with E-state index in [4.69, 9.17) is 16.1 Å². The van der Waals surface area contributed by atoms with Crippen molar-refractivity contribution in [3.8, 4) is 11.4 Å². The summed E-state index contributed by atoms with van der Waals surface area (Å²) in [6, 6.07) is 5.64. The smallest absolute Gasteiger partial charge is 0.244 e. The maximum Gasteiger partial charge on any atom is 0.244 e. The molecule has 1 unspecified atom stereocenters. The van der Waals surface area contributed by atoms with E-state index < -0.39 is 15.1 Å². The highest BCUT2D eigenvalue weighted by atomic mass is 35.5. The molecule has 1 aromatic carbocycles. The van der Waals surface area contributed by atoms with E-state index in [1.165, 1.54) is 6.92 Å². The lowest BCUT2D eigenvalue weighted by Crippen LogP contribution is -2.28. The first-order valence-corrected chi connectivity index (χ1v) is 10.8. The molecule has 0 saturated carbocycles. The highest BCUT2D eigenvalue weighted by molar-refractivity contribution is 7.90. The van der Waals surface area contributed by atoms with E-state index in [1.54, 1.807) is 6.07 Å². The van der Waals surface area contributed by atoms with Gasteiger partial charge in [-0.15, -0.1) is 0 Å². The van der Waals surface area contributed by atoms with Gasteiger partial charge >= 0.3 is 0 Å². The quantitative estimate of drug-likeness (QED) is 0.783.